The number of ether oxygens (including phenoxy) is 1. The van der Waals surface area contributed by atoms with E-state index >= 15 is 0 Å². The van der Waals surface area contributed by atoms with Crippen molar-refractivity contribution in [1.82, 2.24) is 47.9 Å². The maximum absolute atomic E-state index is 14.3. The van der Waals surface area contributed by atoms with E-state index in [1.54, 1.807) is 44.2 Å². The summed E-state index contributed by atoms with van der Waals surface area (Å²) in [4.78, 5) is 236. The summed E-state index contributed by atoms with van der Waals surface area (Å²) in [6.07, 6.45) is -6.02. The number of guanidine groups is 1. The van der Waals surface area contributed by atoms with Crippen LogP contribution in [0.2, 0.25) is 0 Å². The highest BCUT2D eigenvalue weighted by Gasteiger charge is 2.38. The molecule has 570 valence electrons. The van der Waals surface area contributed by atoms with Gasteiger partial charge in [0.15, 0.2) is 34.9 Å². The molecule has 0 bridgehead atoms. The van der Waals surface area contributed by atoms with Crippen LogP contribution in [0.25, 0.3) is 0 Å². The van der Waals surface area contributed by atoms with E-state index in [1.807, 2.05) is 0 Å². The Morgan fingerprint density at radius 3 is 1.76 bits per heavy atom. The first-order valence-electron chi connectivity index (χ1n) is 32.9. The Balaban J connectivity index is 1.74. The Bertz CT molecular complexity index is 3210. The Labute approximate surface area is 613 Å². The zero-order valence-electron chi connectivity index (χ0n) is 57.1. The van der Waals surface area contributed by atoms with Crippen molar-refractivity contribution in [3.63, 3.8) is 0 Å². The van der Waals surface area contributed by atoms with Crippen molar-refractivity contribution in [2.45, 2.75) is 153 Å². The molecule has 34 nitrogen and oxygen atoms in total. The largest absolute Gasteiger partial charge is 0.481 e. The third-order valence-corrected chi connectivity index (χ3v) is 22.0. The molecule has 0 radical (unpaired) electrons. The zero-order chi connectivity index (χ0) is 76.7. The standard InChI is InChI=1S/C64H91N11O23S5/c1-4-98-35(3)99-33-42(76)19-37(59(93)69-26-54(84)68-27-57(89)90)12-8-14-52(82)71-34(2)48(78)20-39-30-101-103-31-40(23-51(81)46(25-56(87)88)75-62(39)96)61(95)73-43(13-9-17-67-64(65)66)47(77)15-16-53(83)72-45(24-55(85)86)50(80)22-41-32-102-100-29-38(60(94)70-28-58(91)92)21-49(79)44(74-63(41)97)18-36-10-6-5-7-11-36/h5-7,10-11,34-35,37-41,43-46H,4,8-9,12-33H2,1-3H3,(H,68,84)(H,69,93)(H,70,94)(H,71,82)(H,72,83)(H,73,95)(H,74,97)(H,75,96)(H,85,86)(H,87,88)(H,89,90)(H,91,92)(H4,65,66,67)/t34-,35?,37?,38-,39-,40-,41-,43-,44-,45-,46-/m0/s1. The first-order valence-corrected chi connectivity index (χ1v) is 39.0. The lowest BCUT2D eigenvalue weighted by Gasteiger charge is -2.24. The molecule has 2 unspecified atom stereocenters. The highest BCUT2D eigenvalue weighted by Crippen LogP contribution is 2.32. The molecule has 2 aliphatic heterocycles. The van der Waals surface area contributed by atoms with Gasteiger partial charge in [-0.05, 0) is 58.4 Å². The van der Waals surface area contributed by atoms with Gasteiger partial charge in [0.05, 0.1) is 79.0 Å². The molecule has 8 amide bonds. The van der Waals surface area contributed by atoms with E-state index in [9.17, 15) is 96.5 Å². The van der Waals surface area contributed by atoms with Crippen molar-refractivity contribution < 1.29 is 111 Å². The maximum atomic E-state index is 14.3. The number of benzene rings is 1. The van der Waals surface area contributed by atoms with E-state index < -0.39 is 230 Å². The second-order valence-electron chi connectivity index (χ2n) is 24.2. The third-order valence-electron chi connectivity index (χ3n) is 15.8. The average molecular weight is 1540 g/mol. The summed E-state index contributed by atoms with van der Waals surface area (Å²) in [5, 5.41) is 67.1. The van der Waals surface area contributed by atoms with Crippen molar-refractivity contribution >= 4 is 167 Å². The molecule has 2 aliphatic rings. The second kappa shape index (κ2) is 48.0. The lowest BCUT2D eigenvalue weighted by molar-refractivity contribution is -0.141. The molecule has 2 fully saturated rings. The molecule has 11 atom stereocenters. The summed E-state index contributed by atoms with van der Waals surface area (Å²) in [6.45, 7) is 3.31. The minimum absolute atomic E-state index is 0.00186. The number of nitrogens with one attached hydrogen (secondary N) is 10. The van der Waals surface area contributed by atoms with E-state index in [0.717, 1.165) is 43.2 Å². The number of carbonyl (C=O) groups excluding carboxylic acids is 14. The van der Waals surface area contributed by atoms with Crippen LogP contribution in [0.3, 0.4) is 0 Å². The maximum Gasteiger partial charge on any atom is 0.322 e. The molecule has 103 heavy (non-hydrogen) atoms. The average Bonchev–Trinajstić information content (AvgIpc) is 1.85. The molecule has 1 aromatic carbocycles. The van der Waals surface area contributed by atoms with Crippen molar-refractivity contribution in [3.8, 4) is 0 Å². The van der Waals surface area contributed by atoms with Gasteiger partial charge in [0, 0.05) is 93.4 Å². The predicted octanol–water partition coefficient (Wildman–Crippen LogP) is -0.294. The Morgan fingerprint density at radius 1 is 0.592 bits per heavy atom. The fourth-order valence-electron chi connectivity index (χ4n) is 10.2. The monoisotopic (exact) mass is 1540 g/mol. The van der Waals surface area contributed by atoms with Crippen LogP contribution in [0.5, 0.6) is 0 Å². The topological polar surface area (TPSA) is 556 Å². The first kappa shape index (κ1) is 89.1. The van der Waals surface area contributed by atoms with Crippen LogP contribution in [0.1, 0.15) is 116 Å². The number of carbonyl (C=O) groups is 18. The van der Waals surface area contributed by atoms with Gasteiger partial charge < -0.3 is 78.7 Å². The van der Waals surface area contributed by atoms with Crippen molar-refractivity contribution in [2.24, 2.45) is 35.3 Å². The summed E-state index contributed by atoms with van der Waals surface area (Å²) in [5.74, 6) is -22.8. The first-order chi connectivity index (χ1) is 48.7. The Morgan fingerprint density at radius 2 is 1.17 bits per heavy atom. The fraction of sp³-hybridized carbons (Fsp3) is 0.609. The van der Waals surface area contributed by atoms with Crippen LogP contribution in [0, 0.1) is 35.0 Å². The number of hydrogen-bond donors (Lipinski definition) is 15. The number of carboxylic acid groups (broad SMARTS) is 4. The van der Waals surface area contributed by atoms with E-state index in [4.69, 9.17) is 26.1 Å². The highest BCUT2D eigenvalue weighted by atomic mass is 33.1. The molecule has 2 saturated heterocycles. The highest BCUT2D eigenvalue weighted by molar-refractivity contribution is 8.77. The second-order valence-corrected chi connectivity index (χ2v) is 30.6. The van der Waals surface area contributed by atoms with Gasteiger partial charge >= 0.3 is 23.9 Å². The number of amides is 8. The summed E-state index contributed by atoms with van der Waals surface area (Å²) < 4.78 is 5.44. The van der Waals surface area contributed by atoms with Gasteiger partial charge in [-0.25, -0.2) is 0 Å². The van der Waals surface area contributed by atoms with Gasteiger partial charge in [-0.15, -0.1) is 11.8 Å². The van der Waals surface area contributed by atoms with Gasteiger partial charge in [0.1, 0.15) is 24.3 Å². The lowest BCUT2D eigenvalue weighted by atomic mass is 9.93. The lowest BCUT2D eigenvalue weighted by Crippen LogP contribution is -2.49. The predicted molar refractivity (Wildman–Crippen MR) is 380 cm³/mol. The minimum Gasteiger partial charge on any atom is -0.481 e. The van der Waals surface area contributed by atoms with E-state index in [-0.39, 0.29) is 97.9 Å². The van der Waals surface area contributed by atoms with E-state index in [2.05, 4.69) is 47.9 Å². The molecule has 39 heteroatoms. The van der Waals surface area contributed by atoms with Crippen LogP contribution < -0.4 is 53.6 Å². The van der Waals surface area contributed by atoms with Gasteiger partial charge in [0.2, 0.25) is 47.3 Å². The van der Waals surface area contributed by atoms with Gasteiger partial charge in [-0.2, -0.15) is 0 Å². The number of thioether (sulfide) groups is 1. The molecule has 0 spiro atoms. The zero-order valence-corrected chi connectivity index (χ0v) is 61.2. The Hall–Kier alpha value is -8.14. The van der Waals surface area contributed by atoms with Crippen molar-refractivity contribution in [2.75, 3.05) is 61.6 Å². The van der Waals surface area contributed by atoms with Crippen molar-refractivity contribution in [1.29, 1.82) is 5.41 Å². The number of hydrogen-bond acceptors (Lipinski definition) is 25. The van der Waals surface area contributed by atoms with E-state index in [0.29, 0.717) is 12.2 Å². The molecule has 1 aromatic rings. The van der Waals surface area contributed by atoms with Crippen LogP contribution in [0.4, 0.5) is 0 Å². The van der Waals surface area contributed by atoms with Crippen LogP contribution in [-0.4, -0.2) is 229 Å². The quantitative estimate of drug-likeness (QED) is 0.0131. The smallest absolute Gasteiger partial charge is 0.322 e. The van der Waals surface area contributed by atoms with E-state index in [1.165, 1.54) is 18.7 Å². The van der Waals surface area contributed by atoms with Gasteiger partial charge in [0.25, 0.3) is 0 Å². The third kappa shape index (κ3) is 36.7. The molecule has 2 heterocycles. The molecular formula is C64H91N11O23S5. The summed E-state index contributed by atoms with van der Waals surface area (Å²) in [6, 6.07) is 1.23. The van der Waals surface area contributed by atoms with Gasteiger partial charge in [-0.1, -0.05) is 73.5 Å². The summed E-state index contributed by atoms with van der Waals surface area (Å²) >= 11 is 1.20. The SMILES string of the molecule is CCOC(C)SCC(=O)CC(CCCC(=O)N[C@@H](C)C(=O)C[C@H]1CSSC[C@@H](C(=O)N[C@@H](CCCNC(=N)N)C(=O)CCC(=O)N[C@@H](CC(=O)O)C(=O)C[C@H]2CSSC[C@@H](C(=O)NCC(=O)O)CC(=O)[C@H](Cc3ccccc3)NC2=O)CC(=O)[C@H](CC(=O)O)NC1=O)C(=O)NCC(=O)NCC(=O)O. The number of Topliss-reactive ketones (excluding diaryl/α,β-unsaturated/α-hetero) is 6. The molecule has 0 aromatic heterocycles. The number of aliphatic carboxylic acids is 4. The summed E-state index contributed by atoms with van der Waals surface area (Å²) in [7, 11) is 4.17. The summed E-state index contributed by atoms with van der Waals surface area (Å²) in [5.41, 5.74) is 5.75. The van der Waals surface area contributed by atoms with Crippen molar-refractivity contribution in [3.05, 3.63) is 35.9 Å². The van der Waals surface area contributed by atoms with Crippen LogP contribution in [0.15, 0.2) is 30.3 Å². The molecular weight excluding hydrogens is 1450 g/mol. The normalized spacial score (nSPS) is 19.7. The number of nitrogens with two attached hydrogens (primary N) is 1. The Kier molecular flexibility index (Phi) is 41.5. The van der Waals surface area contributed by atoms with Gasteiger partial charge in [-0.3, -0.25) is 91.7 Å². The number of ketones is 6. The minimum atomic E-state index is -1.75. The van der Waals surface area contributed by atoms with Crippen LogP contribution in [-0.2, 0) is 97.5 Å². The number of carboxylic acids is 4. The molecule has 16 N–H and O–H groups in total. The van der Waals surface area contributed by atoms with Crippen LogP contribution >= 0.6 is 54.9 Å². The molecule has 0 saturated carbocycles. The molecule has 0 aliphatic carbocycles. The molecule has 3 rings (SSSR count). The fourth-order valence-corrected chi connectivity index (χ4v) is 16.3. The number of rotatable bonds is 43.